The summed E-state index contributed by atoms with van der Waals surface area (Å²) in [5.41, 5.74) is 4.66. The smallest absolute Gasteiger partial charge is 0.244 e. The summed E-state index contributed by atoms with van der Waals surface area (Å²) in [6.07, 6.45) is 3.53. The van der Waals surface area contributed by atoms with Gasteiger partial charge in [-0.25, -0.2) is 5.43 Å². The van der Waals surface area contributed by atoms with Crippen molar-refractivity contribution in [2.75, 3.05) is 0 Å². The highest BCUT2D eigenvalue weighted by Crippen LogP contribution is 2.18. The molecule has 0 radical (unpaired) electrons. The molecule has 0 fully saturated rings. The van der Waals surface area contributed by atoms with E-state index in [2.05, 4.69) is 29.6 Å². The molecule has 110 valence electrons. The molecule has 1 amide bonds. The Bertz CT molecular complexity index is 641. The molecule has 0 spiro atoms. The highest BCUT2D eigenvalue weighted by molar-refractivity contribution is 5.90. The van der Waals surface area contributed by atoms with Crippen molar-refractivity contribution in [2.45, 2.75) is 39.5 Å². The van der Waals surface area contributed by atoms with Crippen LogP contribution in [0, 0.1) is 0 Å². The Kier molecular flexibility index (Phi) is 5.50. The zero-order valence-electron chi connectivity index (χ0n) is 12.7. The summed E-state index contributed by atoms with van der Waals surface area (Å²) in [5, 5.41) is 6.44. The summed E-state index contributed by atoms with van der Waals surface area (Å²) < 4.78 is 0. The Morgan fingerprint density at radius 3 is 2.71 bits per heavy atom. The summed E-state index contributed by atoms with van der Waals surface area (Å²) in [6.45, 7) is 4.10. The highest BCUT2D eigenvalue weighted by atomic mass is 16.2. The normalized spacial score (nSPS) is 11.6. The van der Waals surface area contributed by atoms with E-state index in [1.165, 1.54) is 0 Å². The van der Waals surface area contributed by atoms with Gasteiger partial charge in [-0.1, -0.05) is 55.8 Å². The number of carbonyl (C=O) groups is 1. The van der Waals surface area contributed by atoms with Crippen LogP contribution in [0.5, 0.6) is 0 Å². The molecule has 1 N–H and O–H groups in total. The van der Waals surface area contributed by atoms with E-state index < -0.39 is 0 Å². The Balaban J connectivity index is 2.02. The molecule has 0 aromatic heterocycles. The molecule has 0 bridgehead atoms. The number of rotatable bonds is 6. The van der Waals surface area contributed by atoms with Gasteiger partial charge in [-0.3, -0.25) is 4.79 Å². The molecule has 21 heavy (non-hydrogen) atoms. The van der Waals surface area contributed by atoms with Gasteiger partial charge in [0, 0.05) is 5.71 Å². The minimum Gasteiger partial charge on any atom is -0.273 e. The number of amides is 1. The Labute approximate surface area is 126 Å². The lowest BCUT2D eigenvalue weighted by molar-refractivity contribution is -0.120. The van der Waals surface area contributed by atoms with Gasteiger partial charge < -0.3 is 0 Å². The first-order valence-electron chi connectivity index (χ1n) is 7.49. The van der Waals surface area contributed by atoms with Crippen LogP contribution < -0.4 is 5.43 Å². The third-order valence-electron chi connectivity index (χ3n) is 3.49. The van der Waals surface area contributed by atoms with Gasteiger partial charge in [0.25, 0.3) is 0 Å². The summed E-state index contributed by atoms with van der Waals surface area (Å²) in [5.74, 6) is -0.0674. The molecule has 0 unspecified atom stereocenters. The van der Waals surface area contributed by atoms with Crippen LogP contribution in [0.15, 0.2) is 47.6 Å². The summed E-state index contributed by atoms with van der Waals surface area (Å²) in [4.78, 5) is 12.0. The first-order chi connectivity index (χ1) is 10.2. The maximum absolute atomic E-state index is 12.0. The molecular weight excluding hydrogens is 260 g/mol. The summed E-state index contributed by atoms with van der Waals surface area (Å²) in [6, 6.07) is 14.2. The van der Waals surface area contributed by atoms with E-state index in [-0.39, 0.29) is 5.91 Å². The average Bonchev–Trinajstić information content (AvgIpc) is 2.51. The largest absolute Gasteiger partial charge is 0.273 e. The maximum atomic E-state index is 12.0. The lowest BCUT2D eigenvalue weighted by atomic mass is 10.0. The minimum atomic E-state index is -0.0674. The molecule has 0 atom stereocenters. The van der Waals surface area contributed by atoms with Crippen molar-refractivity contribution >= 4 is 22.4 Å². The van der Waals surface area contributed by atoms with Gasteiger partial charge in [-0.05, 0) is 36.1 Å². The van der Waals surface area contributed by atoms with Crippen LogP contribution in [-0.4, -0.2) is 11.6 Å². The van der Waals surface area contributed by atoms with Gasteiger partial charge in [-0.15, -0.1) is 0 Å². The number of hydrogen-bond acceptors (Lipinski definition) is 2. The molecule has 0 saturated heterocycles. The van der Waals surface area contributed by atoms with Crippen molar-refractivity contribution in [1.29, 1.82) is 0 Å². The maximum Gasteiger partial charge on any atom is 0.244 e. The zero-order chi connectivity index (χ0) is 15.1. The van der Waals surface area contributed by atoms with E-state index in [9.17, 15) is 4.79 Å². The third-order valence-corrected chi connectivity index (χ3v) is 3.49. The average molecular weight is 282 g/mol. The zero-order valence-corrected chi connectivity index (χ0v) is 12.7. The Morgan fingerprint density at radius 1 is 1.14 bits per heavy atom. The summed E-state index contributed by atoms with van der Waals surface area (Å²) >= 11 is 0. The number of carbonyl (C=O) groups excluding carboxylic acids is 1. The van der Waals surface area contributed by atoms with E-state index in [1.54, 1.807) is 0 Å². The number of nitrogens with one attached hydrogen (secondary N) is 1. The number of hydrogen-bond donors (Lipinski definition) is 1. The Morgan fingerprint density at radius 2 is 1.90 bits per heavy atom. The fraction of sp³-hybridized carbons (Fsp3) is 0.333. The first-order valence-corrected chi connectivity index (χ1v) is 7.49. The molecule has 3 nitrogen and oxygen atoms in total. The lowest BCUT2D eigenvalue weighted by Crippen LogP contribution is -2.21. The van der Waals surface area contributed by atoms with Crippen molar-refractivity contribution in [2.24, 2.45) is 5.10 Å². The Hall–Kier alpha value is -2.16. The van der Waals surface area contributed by atoms with Crippen molar-refractivity contribution < 1.29 is 4.79 Å². The van der Waals surface area contributed by atoms with E-state index in [0.29, 0.717) is 6.42 Å². The predicted octanol–water partition coefficient (Wildman–Crippen LogP) is 4.06. The molecule has 0 saturated carbocycles. The molecular formula is C18H22N2O. The number of unbranched alkanes of at least 4 members (excludes halogenated alkanes) is 1. The third kappa shape index (κ3) is 4.42. The number of benzene rings is 2. The second kappa shape index (κ2) is 7.58. The number of nitrogens with zero attached hydrogens (tertiary/aromatic N) is 1. The minimum absolute atomic E-state index is 0.0674. The highest BCUT2D eigenvalue weighted by Gasteiger charge is 2.06. The quantitative estimate of drug-likeness (QED) is 0.630. The molecule has 2 aromatic rings. The van der Waals surface area contributed by atoms with E-state index >= 15 is 0 Å². The van der Waals surface area contributed by atoms with Crippen LogP contribution in [0.2, 0.25) is 0 Å². The van der Waals surface area contributed by atoms with Crippen LogP contribution in [0.4, 0.5) is 0 Å². The fourth-order valence-electron chi connectivity index (χ4n) is 2.31. The van der Waals surface area contributed by atoms with Gasteiger partial charge in [-0.2, -0.15) is 5.10 Å². The van der Waals surface area contributed by atoms with Gasteiger partial charge in [0.1, 0.15) is 0 Å². The monoisotopic (exact) mass is 282 g/mol. The van der Waals surface area contributed by atoms with Gasteiger partial charge in [0.05, 0.1) is 6.42 Å². The standard InChI is InChI=1S/C18H22N2O/c1-3-4-8-14(2)19-20-18(21)13-16-11-7-10-15-9-5-6-12-17(15)16/h5-7,9-12H,3-4,8,13H2,1-2H3,(H,20,21). The van der Waals surface area contributed by atoms with Crippen molar-refractivity contribution in [1.82, 2.24) is 5.43 Å². The first kappa shape index (κ1) is 15.2. The molecule has 0 heterocycles. The van der Waals surface area contributed by atoms with Crippen LogP contribution in [0.25, 0.3) is 10.8 Å². The molecule has 0 aliphatic heterocycles. The summed E-state index contributed by atoms with van der Waals surface area (Å²) in [7, 11) is 0. The van der Waals surface area contributed by atoms with Crippen molar-refractivity contribution in [3.63, 3.8) is 0 Å². The van der Waals surface area contributed by atoms with Gasteiger partial charge in [0.15, 0.2) is 0 Å². The van der Waals surface area contributed by atoms with Crippen LogP contribution in [-0.2, 0) is 11.2 Å². The lowest BCUT2D eigenvalue weighted by Gasteiger charge is -2.06. The molecule has 0 aliphatic carbocycles. The van der Waals surface area contributed by atoms with Crippen LogP contribution in [0.1, 0.15) is 38.7 Å². The van der Waals surface area contributed by atoms with Crippen molar-refractivity contribution in [3.8, 4) is 0 Å². The predicted molar refractivity (Wildman–Crippen MR) is 88.4 cm³/mol. The SMILES string of the molecule is CCCCC(C)=NNC(=O)Cc1cccc2ccccc12. The number of hydrazone groups is 1. The topological polar surface area (TPSA) is 41.5 Å². The number of fused-ring (bicyclic) bond motifs is 1. The van der Waals surface area contributed by atoms with Crippen molar-refractivity contribution in [3.05, 3.63) is 48.0 Å². The molecule has 2 aromatic carbocycles. The molecule has 2 rings (SSSR count). The molecule has 0 aliphatic rings. The molecule has 3 heteroatoms. The second-order valence-corrected chi connectivity index (χ2v) is 5.30. The van der Waals surface area contributed by atoms with Gasteiger partial charge in [0.2, 0.25) is 5.91 Å². The van der Waals surface area contributed by atoms with E-state index in [0.717, 1.165) is 41.3 Å². The van der Waals surface area contributed by atoms with Crippen LogP contribution in [0.3, 0.4) is 0 Å². The van der Waals surface area contributed by atoms with E-state index in [1.807, 2.05) is 37.3 Å². The second-order valence-electron chi connectivity index (χ2n) is 5.30. The van der Waals surface area contributed by atoms with Crippen LogP contribution >= 0.6 is 0 Å². The fourth-order valence-corrected chi connectivity index (χ4v) is 2.31. The van der Waals surface area contributed by atoms with Gasteiger partial charge >= 0.3 is 0 Å². The van der Waals surface area contributed by atoms with E-state index in [4.69, 9.17) is 0 Å².